The second-order valence-electron chi connectivity index (χ2n) is 4.27. The van der Waals surface area contributed by atoms with E-state index in [1.807, 2.05) is 5.38 Å². The number of aromatic nitrogens is 1. The molecule has 2 N–H and O–H groups in total. The van der Waals surface area contributed by atoms with Crippen LogP contribution < -0.4 is 5.32 Å². The summed E-state index contributed by atoms with van der Waals surface area (Å²) in [4.78, 5) is 17.5. The summed E-state index contributed by atoms with van der Waals surface area (Å²) in [5.74, 6) is -0.0969. The monoisotopic (exact) mass is 255 g/mol. The van der Waals surface area contributed by atoms with Crippen molar-refractivity contribution in [3.05, 3.63) is 11.1 Å². The van der Waals surface area contributed by atoms with Crippen molar-refractivity contribution >= 4 is 22.4 Å². The molecule has 1 unspecified atom stereocenters. The van der Waals surface area contributed by atoms with Crippen LogP contribution >= 0.6 is 11.3 Å². The van der Waals surface area contributed by atoms with Crippen molar-refractivity contribution in [1.29, 1.82) is 0 Å². The SMILES string of the molecule is CC(=O)Nc1nc(CN2CCCC2CO)cs1. The average molecular weight is 255 g/mol. The molecule has 0 bridgehead atoms. The smallest absolute Gasteiger partial charge is 0.223 e. The van der Waals surface area contributed by atoms with E-state index in [4.69, 9.17) is 0 Å². The van der Waals surface area contributed by atoms with Crippen molar-refractivity contribution in [3.63, 3.8) is 0 Å². The van der Waals surface area contributed by atoms with Gasteiger partial charge >= 0.3 is 0 Å². The molecule has 0 spiro atoms. The number of nitrogens with one attached hydrogen (secondary N) is 1. The maximum absolute atomic E-state index is 10.9. The predicted octanol–water partition coefficient (Wildman–Crippen LogP) is 1.06. The number of hydrogen-bond acceptors (Lipinski definition) is 5. The zero-order valence-electron chi connectivity index (χ0n) is 9.85. The fourth-order valence-electron chi connectivity index (χ4n) is 2.11. The van der Waals surface area contributed by atoms with Crippen molar-refractivity contribution in [2.75, 3.05) is 18.5 Å². The van der Waals surface area contributed by atoms with Crippen LogP contribution in [0.5, 0.6) is 0 Å². The van der Waals surface area contributed by atoms with Crippen LogP contribution in [-0.4, -0.2) is 40.1 Å². The summed E-state index contributed by atoms with van der Waals surface area (Å²) in [5, 5.41) is 14.5. The van der Waals surface area contributed by atoms with Gasteiger partial charge in [-0.05, 0) is 19.4 Å². The molecule has 0 aliphatic carbocycles. The molecular formula is C11H17N3O2S. The topological polar surface area (TPSA) is 65.5 Å². The maximum atomic E-state index is 10.9. The largest absolute Gasteiger partial charge is 0.395 e. The molecule has 1 atom stereocenters. The van der Waals surface area contributed by atoms with Gasteiger partial charge in [0.1, 0.15) is 0 Å². The number of hydrogen-bond donors (Lipinski definition) is 2. The van der Waals surface area contributed by atoms with Crippen LogP contribution in [0.15, 0.2) is 5.38 Å². The van der Waals surface area contributed by atoms with E-state index in [-0.39, 0.29) is 18.6 Å². The van der Waals surface area contributed by atoms with E-state index in [1.165, 1.54) is 18.3 Å². The number of carbonyl (C=O) groups excluding carboxylic acids is 1. The number of nitrogens with zero attached hydrogens (tertiary/aromatic N) is 2. The summed E-state index contributed by atoms with van der Waals surface area (Å²) in [6, 6.07) is 0.265. The number of aliphatic hydroxyl groups is 1. The van der Waals surface area contributed by atoms with Crippen molar-refractivity contribution < 1.29 is 9.90 Å². The van der Waals surface area contributed by atoms with Gasteiger partial charge in [0.2, 0.25) is 5.91 Å². The molecule has 1 aliphatic rings. The molecule has 17 heavy (non-hydrogen) atoms. The van der Waals surface area contributed by atoms with Gasteiger partial charge in [-0.1, -0.05) is 0 Å². The molecule has 94 valence electrons. The Morgan fingerprint density at radius 2 is 2.59 bits per heavy atom. The molecule has 2 rings (SSSR count). The first-order valence-electron chi connectivity index (χ1n) is 5.76. The van der Waals surface area contributed by atoms with Gasteiger partial charge in [0, 0.05) is 24.9 Å². The Kier molecular flexibility index (Phi) is 4.09. The zero-order chi connectivity index (χ0) is 12.3. The second-order valence-corrected chi connectivity index (χ2v) is 5.13. The first-order valence-corrected chi connectivity index (χ1v) is 6.64. The third kappa shape index (κ3) is 3.24. The van der Waals surface area contributed by atoms with Crippen LogP contribution in [-0.2, 0) is 11.3 Å². The van der Waals surface area contributed by atoms with E-state index in [0.717, 1.165) is 31.6 Å². The molecular weight excluding hydrogens is 238 g/mol. The quantitative estimate of drug-likeness (QED) is 0.844. The van der Waals surface area contributed by atoms with Crippen LogP contribution in [0.25, 0.3) is 0 Å². The van der Waals surface area contributed by atoms with Gasteiger partial charge in [-0.2, -0.15) is 0 Å². The lowest BCUT2D eigenvalue weighted by atomic mass is 10.2. The first kappa shape index (κ1) is 12.5. The fourth-order valence-corrected chi connectivity index (χ4v) is 2.85. The van der Waals surface area contributed by atoms with Gasteiger partial charge in [-0.15, -0.1) is 11.3 Å². The lowest BCUT2D eigenvalue weighted by Crippen LogP contribution is -2.31. The summed E-state index contributed by atoms with van der Waals surface area (Å²) in [6.07, 6.45) is 2.19. The molecule has 0 radical (unpaired) electrons. The number of amides is 1. The van der Waals surface area contributed by atoms with Gasteiger partial charge < -0.3 is 10.4 Å². The number of thiazole rings is 1. The van der Waals surface area contributed by atoms with E-state index in [2.05, 4.69) is 15.2 Å². The molecule has 1 aromatic rings. The summed E-state index contributed by atoms with van der Waals surface area (Å²) >= 11 is 1.44. The van der Waals surface area contributed by atoms with Crippen molar-refractivity contribution in [3.8, 4) is 0 Å². The Morgan fingerprint density at radius 3 is 3.29 bits per heavy atom. The van der Waals surface area contributed by atoms with Crippen LogP contribution in [0.1, 0.15) is 25.5 Å². The van der Waals surface area contributed by atoms with Gasteiger partial charge in [-0.3, -0.25) is 9.69 Å². The van der Waals surface area contributed by atoms with Crippen LogP contribution in [0.3, 0.4) is 0 Å². The molecule has 2 heterocycles. The van der Waals surface area contributed by atoms with Gasteiger partial charge in [0.05, 0.1) is 12.3 Å². The molecule has 1 aliphatic heterocycles. The van der Waals surface area contributed by atoms with Gasteiger partial charge in [-0.25, -0.2) is 4.98 Å². The number of likely N-dealkylation sites (tertiary alicyclic amines) is 1. The highest BCUT2D eigenvalue weighted by Gasteiger charge is 2.24. The Morgan fingerprint density at radius 1 is 1.76 bits per heavy atom. The predicted molar refractivity (Wildman–Crippen MR) is 66.9 cm³/mol. The lowest BCUT2D eigenvalue weighted by molar-refractivity contribution is -0.114. The number of rotatable bonds is 4. The van der Waals surface area contributed by atoms with E-state index in [9.17, 15) is 9.90 Å². The van der Waals surface area contributed by atoms with E-state index in [0.29, 0.717) is 5.13 Å². The summed E-state index contributed by atoms with van der Waals surface area (Å²) in [7, 11) is 0. The fraction of sp³-hybridized carbons (Fsp3) is 0.636. The second kappa shape index (κ2) is 5.57. The molecule has 1 aromatic heterocycles. The Labute approximate surface area is 104 Å². The standard InChI is InChI=1S/C11H17N3O2S/c1-8(16)12-11-13-9(7-17-11)5-14-4-2-3-10(14)6-15/h7,10,15H,2-6H2,1H3,(H,12,13,16). The van der Waals surface area contributed by atoms with Crippen molar-refractivity contribution in [1.82, 2.24) is 9.88 Å². The van der Waals surface area contributed by atoms with Crippen molar-refractivity contribution in [2.45, 2.75) is 32.4 Å². The highest BCUT2D eigenvalue weighted by Crippen LogP contribution is 2.22. The number of aliphatic hydroxyl groups excluding tert-OH is 1. The minimum Gasteiger partial charge on any atom is -0.395 e. The normalized spacial score (nSPS) is 20.7. The minimum atomic E-state index is -0.0969. The molecule has 5 nitrogen and oxygen atoms in total. The Balaban J connectivity index is 1.94. The maximum Gasteiger partial charge on any atom is 0.223 e. The molecule has 0 aromatic carbocycles. The van der Waals surface area contributed by atoms with Crippen LogP contribution in [0, 0.1) is 0 Å². The summed E-state index contributed by atoms with van der Waals surface area (Å²) in [6.45, 7) is 3.45. The van der Waals surface area contributed by atoms with Gasteiger partial charge in [0.25, 0.3) is 0 Å². The third-order valence-corrected chi connectivity index (χ3v) is 3.72. The Bertz CT molecular complexity index is 394. The molecule has 6 heteroatoms. The molecule has 1 saturated heterocycles. The average Bonchev–Trinajstić information content (AvgIpc) is 2.87. The lowest BCUT2D eigenvalue weighted by Gasteiger charge is -2.21. The van der Waals surface area contributed by atoms with Crippen molar-refractivity contribution in [2.24, 2.45) is 0 Å². The summed E-state index contributed by atoms with van der Waals surface area (Å²) < 4.78 is 0. The van der Waals surface area contributed by atoms with E-state index >= 15 is 0 Å². The number of anilines is 1. The van der Waals surface area contributed by atoms with Crippen LogP contribution in [0.2, 0.25) is 0 Å². The Hall–Kier alpha value is -0.980. The molecule has 1 amide bonds. The molecule has 0 saturated carbocycles. The zero-order valence-corrected chi connectivity index (χ0v) is 10.7. The summed E-state index contributed by atoms with van der Waals surface area (Å²) in [5.41, 5.74) is 0.958. The third-order valence-electron chi connectivity index (χ3n) is 2.91. The van der Waals surface area contributed by atoms with E-state index in [1.54, 1.807) is 0 Å². The van der Waals surface area contributed by atoms with Crippen LogP contribution in [0.4, 0.5) is 5.13 Å². The minimum absolute atomic E-state index is 0.0969. The van der Waals surface area contributed by atoms with Gasteiger partial charge in [0.15, 0.2) is 5.13 Å². The molecule has 1 fully saturated rings. The first-order chi connectivity index (χ1) is 8.19. The number of carbonyl (C=O) groups is 1. The highest BCUT2D eigenvalue weighted by atomic mass is 32.1. The highest BCUT2D eigenvalue weighted by molar-refractivity contribution is 7.13. The van der Waals surface area contributed by atoms with E-state index < -0.39 is 0 Å².